The van der Waals surface area contributed by atoms with Crippen molar-refractivity contribution in [3.05, 3.63) is 46.5 Å². The molecule has 0 spiro atoms. The van der Waals surface area contributed by atoms with Crippen LogP contribution in [0, 0.1) is 0 Å². The van der Waals surface area contributed by atoms with Crippen molar-refractivity contribution in [2.75, 3.05) is 20.6 Å². The second-order valence-electron chi connectivity index (χ2n) is 7.43. The first kappa shape index (κ1) is 14.7. The van der Waals surface area contributed by atoms with Crippen molar-refractivity contribution >= 4 is 0 Å². The SMILES string of the molecule is CN1Cc2c(ccc3c2OCO3)[C@H]2[C@@H](O)Cc3cc4c(cc3[C@@H]21)OCO4. The summed E-state index contributed by atoms with van der Waals surface area (Å²) in [6.07, 6.45) is 0.143. The fourth-order valence-electron chi connectivity index (χ4n) is 4.97. The average molecular weight is 353 g/mol. The molecule has 1 N–H and O–H groups in total. The van der Waals surface area contributed by atoms with Gasteiger partial charge in [0.05, 0.1) is 6.10 Å². The lowest BCUT2D eigenvalue weighted by atomic mass is 9.70. The number of aliphatic hydroxyl groups is 1. The predicted molar refractivity (Wildman–Crippen MR) is 91.8 cm³/mol. The van der Waals surface area contributed by atoms with E-state index in [1.54, 1.807) is 0 Å². The van der Waals surface area contributed by atoms with Crippen molar-refractivity contribution in [2.24, 2.45) is 0 Å². The smallest absolute Gasteiger partial charge is 0.231 e. The number of hydrogen-bond acceptors (Lipinski definition) is 6. The number of likely N-dealkylation sites (N-methyl/N-ethyl adjacent to an activating group) is 1. The van der Waals surface area contributed by atoms with Gasteiger partial charge in [0.25, 0.3) is 0 Å². The summed E-state index contributed by atoms with van der Waals surface area (Å²) in [6.45, 7) is 1.28. The standard InChI is InChI=1S/C20H19NO5/c1-21-7-13-11(2-3-15-20(13)26-9-23-15)18-14(22)4-10-5-16-17(25-8-24-16)6-12(10)19(18)21/h2-3,5-6,14,18-19,22H,4,7-9H2,1H3/t14-,18-,19-/m0/s1. The van der Waals surface area contributed by atoms with Gasteiger partial charge in [-0.05, 0) is 48.4 Å². The third-order valence-corrected chi connectivity index (χ3v) is 6.06. The van der Waals surface area contributed by atoms with Crippen molar-refractivity contribution in [3.63, 3.8) is 0 Å². The highest BCUT2D eigenvalue weighted by Gasteiger charge is 2.45. The molecule has 6 rings (SSSR count). The minimum Gasteiger partial charge on any atom is -0.454 e. The first-order valence-corrected chi connectivity index (χ1v) is 8.93. The molecule has 0 bridgehead atoms. The molecule has 0 fully saturated rings. The normalized spacial score (nSPS) is 27.7. The Morgan fingerprint density at radius 1 is 0.962 bits per heavy atom. The first-order valence-electron chi connectivity index (χ1n) is 8.93. The number of fused-ring (bicyclic) bond motifs is 8. The van der Waals surface area contributed by atoms with E-state index in [0.717, 1.165) is 46.2 Å². The predicted octanol–water partition coefficient (Wildman–Crippen LogP) is 2.33. The molecular weight excluding hydrogens is 334 g/mol. The fraction of sp³-hybridized carbons (Fsp3) is 0.400. The Balaban J connectivity index is 1.53. The van der Waals surface area contributed by atoms with Gasteiger partial charge in [-0.15, -0.1) is 0 Å². The molecular formula is C20H19NO5. The van der Waals surface area contributed by atoms with Crippen LogP contribution in [0.3, 0.4) is 0 Å². The van der Waals surface area contributed by atoms with Crippen molar-refractivity contribution in [2.45, 2.75) is 31.0 Å². The summed E-state index contributed by atoms with van der Waals surface area (Å²) < 4.78 is 22.4. The van der Waals surface area contributed by atoms with Crippen LogP contribution < -0.4 is 18.9 Å². The highest BCUT2D eigenvalue weighted by Crippen LogP contribution is 2.54. The van der Waals surface area contributed by atoms with Gasteiger partial charge in [0.2, 0.25) is 13.6 Å². The summed E-state index contributed by atoms with van der Waals surface area (Å²) in [5.74, 6) is 3.19. The zero-order chi connectivity index (χ0) is 17.4. The zero-order valence-electron chi connectivity index (χ0n) is 14.4. The molecule has 0 saturated carbocycles. The lowest BCUT2D eigenvalue weighted by Gasteiger charge is -2.46. The van der Waals surface area contributed by atoms with Crippen LogP contribution in [-0.4, -0.2) is 36.7 Å². The molecule has 3 atom stereocenters. The minimum absolute atomic E-state index is 0.00822. The van der Waals surface area contributed by atoms with E-state index in [2.05, 4.69) is 24.1 Å². The van der Waals surface area contributed by atoms with Gasteiger partial charge in [0.15, 0.2) is 23.0 Å². The van der Waals surface area contributed by atoms with Crippen LogP contribution in [0.15, 0.2) is 24.3 Å². The third-order valence-electron chi connectivity index (χ3n) is 6.06. The second kappa shape index (κ2) is 5.05. The molecule has 2 aromatic carbocycles. The van der Waals surface area contributed by atoms with Crippen molar-refractivity contribution < 1.29 is 24.1 Å². The second-order valence-corrected chi connectivity index (χ2v) is 7.43. The zero-order valence-corrected chi connectivity index (χ0v) is 14.4. The van der Waals surface area contributed by atoms with Gasteiger partial charge in [0, 0.05) is 24.1 Å². The van der Waals surface area contributed by atoms with E-state index < -0.39 is 6.10 Å². The molecule has 4 aliphatic rings. The third kappa shape index (κ3) is 1.83. The van der Waals surface area contributed by atoms with Crippen LogP contribution >= 0.6 is 0 Å². The average Bonchev–Trinajstić information content (AvgIpc) is 3.28. The molecule has 6 heteroatoms. The van der Waals surface area contributed by atoms with Crippen molar-refractivity contribution in [1.82, 2.24) is 4.90 Å². The lowest BCUT2D eigenvalue weighted by Crippen LogP contribution is -2.43. The molecule has 134 valence electrons. The molecule has 3 heterocycles. The topological polar surface area (TPSA) is 60.4 Å². The van der Waals surface area contributed by atoms with Crippen LogP contribution in [0.5, 0.6) is 23.0 Å². The van der Waals surface area contributed by atoms with E-state index >= 15 is 0 Å². The number of hydrogen-bond donors (Lipinski definition) is 1. The molecule has 3 aliphatic heterocycles. The van der Waals surface area contributed by atoms with Crippen LogP contribution in [0.25, 0.3) is 0 Å². The molecule has 26 heavy (non-hydrogen) atoms. The van der Waals surface area contributed by atoms with E-state index in [4.69, 9.17) is 18.9 Å². The molecule has 0 radical (unpaired) electrons. The van der Waals surface area contributed by atoms with Crippen LogP contribution in [-0.2, 0) is 13.0 Å². The van der Waals surface area contributed by atoms with Crippen LogP contribution in [0.4, 0.5) is 0 Å². The Morgan fingerprint density at radius 3 is 2.62 bits per heavy atom. The lowest BCUT2D eigenvalue weighted by molar-refractivity contribution is 0.0591. The van der Waals surface area contributed by atoms with Gasteiger partial charge in [-0.25, -0.2) is 0 Å². The number of benzene rings is 2. The summed E-state index contributed by atoms with van der Waals surface area (Å²) in [5.41, 5.74) is 4.65. The Kier molecular flexibility index (Phi) is 2.86. The number of nitrogens with zero attached hydrogens (tertiary/aromatic N) is 1. The summed E-state index contributed by atoms with van der Waals surface area (Å²) >= 11 is 0. The van der Waals surface area contributed by atoms with Gasteiger partial charge < -0.3 is 24.1 Å². The monoisotopic (exact) mass is 353 g/mol. The molecule has 2 aromatic rings. The Bertz CT molecular complexity index is 925. The van der Waals surface area contributed by atoms with E-state index in [9.17, 15) is 5.11 Å². The highest BCUT2D eigenvalue weighted by atomic mass is 16.7. The van der Waals surface area contributed by atoms with E-state index in [0.29, 0.717) is 6.42 Å². The Labute approximate surface area is 150 Å². The molecule has 0 saturated heterocycles. The maximum atomic E-state index is 11.0. The van der Waals surface area contributed by atoms with Gasteiger partial charge >= 0.3 is 0 Å². The number of rotatable bonds is 0. The maximum Gasteiger partial charge on any atom is 0.231 e. The molecule has 0 amide bonds. The Hall–Kier alpha value is -2.44. The summed E-state index contributed by atoms with van der Waals surface area (Å²) in [7, 11) is 2.10. The fourth-order valence-corrected chi connectivity index (χ4v) is 4.97. The highest BCUT2D eigenvalue weighted by molar-refractivity contribution is 5.58. The number of aliphatic hydroxyl groups excluding tert-OH is 1. The summed E-state index contributed by atoms with van der Waals surface area (Å²) in [4.78, 5) is 2.29. The molecule has 0 aromatic heterocycles. The summed E-state index contributed by atoms with van der Waals surface area (Å²) in [5, 5.41) is 11.0. The molecule has 1 aliphatic carbocycles. The first-order chi connectivity index (χ1) is 12.7. The molecule has 0 unspecified atom stereocenters. The van der Waals surface area contributed by atoms with Gasteiger partial charge in [-0.2, -0.15) is 0 Å². The molecule has 6 nitrogen and oxygen atoms in total. The largest absolute Gasteiger partial charge is 0.454 e. The van der Waals surface area contributed by atoms with Crippen molar-refractivity contribution in [1.29, 1.82) is 0 Å². The minimum atomic E-state index is -0.463. The maximum absolute atomic E-state index is 11.0. The van der Waals surface area contributed by atoms with E-state index in [-0.39, 0.29) is 25.5 Å². The van der Waals surface area contributed by atoms with E-state index in [1.165, 1.54) is 5.56 Å². The van der Waals surface area contributed by atoms with E-state index in [1.807, 2.05) is 12.1 Å². The van der Waals surface area contributed by atoms with Crippen molar-refractivity contribution in [3.8, 4) is 23.0 Å². The Morgan fingerprint density at radius 2 is 1.73 bits per heavy atom. The quantitative estimate of drug-likeness (QED) is 0.784. The van der Waals surface area contributed by atoms with Crippen LogP contribution in [0.2, 0.25) is 0 Å². The van der Waals surface area contributed by atoms with Gasteiger partial charge in [-0.3, -0.25) is 4.90 Å². The van der Waals surface area contributed by atoms with Crippen LogP contribution in [0.1, 0.15) is 34.2 Å². The van der Waals surface area contributed by atoms with Gasteiger partial charge in [-0.1, -0.05) is 6.07 Å². The summed E-state index contributed by atoms with van der Waals surface area (Å²) in [6, 6.07) is 8.27. The number of ether oxygens (including phenoxy) is 4. The van der Waals surface area contributed by atoms with Gasteiger partial charge in [0.1, 0.15) is 0 Å².